The predicted octanol–water partition coefficient (Wildman–Crippen LogP) is 5.17. The Kier molecular flexibility index (Phi) is 6.16. The summed E-state index contributed by atoms with van der Waals surface area (Å²) < 4.78 is 16.1. The molecule has 7 nitrogen and oxygen atoms in total. The molecular formula is C19H18Cl2N4O3. The Balaban J connectivity index is 1.97. The molecule has 2 heterocycles. The van der Waals surface area contributed by atoms with Crippen LogP contribution in [0.3, 0.4) is 0 Å². The highest BCUT2D eigenvalue weighted by molar-refractivity contribution is 6.37. The third-order valence-electron chi connectivity index (χ3n) is 3.89. The number of nitrogens with zero attached hydrogens (tertiary/aromatic N) is 4. The van der Waals surface area contributed by atoms with E-state index >= 15 is 0 Å². The number of ether oxygens (including phenoxy) is 3. The molecule has 0 amide bonds. The van der Waals surface area contributed by atoms with Gasteiger partial charge in [-0.1, -0.05) is 37.0 Å². The van der Waals surface area contributed by atoms with Crippen LogP contribution in [0.15, 0.2) is 30.5 Å². The normalized spacial score (nSPS) is 10.8. The van der Waals surface area contributed by atoms with Gasteiger partial charge < -0.3 is 14.2 Å². The van der Waals surface area contributed by atoms with Gasteiger partial charge in [0.25, 0.3) is 0 Å². The van der Waals surface area contributed by atoms with Gasteiger partial charge in [-0.15, -0.1) is 5.10 Å². The van der Waals surface area contributed by atoms with E-state index in [-0.39, 0.29) is 17.7 Å². The summed E-state index contributed by atoms with van der Waals surface area (Å²) in [6, 6.07) is 7.00. The number of hydrogen-bond donors (Lipinski definition) is 0. The van der Waals surface area contributed by atoms with E-state index in [0.29, 0.717) is 33.1 Å². The molecule has 0 atom stereocenters. The first-order valence-electron chi connectivity index (χ1n) is 8.38. The lowest BCUT2D eigenvalue weighted by molar-refractivity contribution is 0.353. The lowest BCUT2D eigenvalue weighted by atomic mass is 10.1. The maximum absolute atomic E-state index is 6.42. The van der Waals surface area contributed by atoms with Gasteiger partial charge >= 0.3 is 6.01 Å². The van der Waals surface area contributed by atoms with E-state index in [0.717, 1.165) is 5.56 Å². The van der Waals surface area contributed by atoms with Gasteiger partial charge in [-0.05, 0) is 23.6 Å². The average Bonchev–Trinajstić information content (AvgIpc) is 2.70. The Morgan fingerprint density at radius 1 is 0.893 bits per heavy atom. The summed E-state index contributed by atoms with van der Waals surface area (Å²) in [5.74, 6) is 1.24. The minimum atomic E-state index is 0.169. The van der Waals surface area contributed by atoms with Crippen LogP contribution in [0.25, 0.3) is 11.3 Å². The van der Waals surface area contributed by atoms with E-state index in [9.17, 15) is 0 Å². The lowest BCUT2D eigenvalue weighted by Gasteiger charge is -2.12. The van der Waals surface area contributed by atoms with Crippen molar-refractivity contribution in [3.05, 3.63) is 46.1 Å². The summed E-state index contributed by atoms with van der Waals surface area (Å²) in [4.78, 5) is 8.38. The SMILES string of the molecule is COc1cc(-c2cc(Cl)c(Oc3cc(C(C)C)cnn3)c(Cl)c2)nc(OC)n1. The predicted molar refractivity (Wildman–Crippen MR) is 107 cm³/mol. The maximum Gasteiger partial charge on any atom is 0.320 e. The Morgan fingerprint density at radius 2 is 1.61 bits per heavy atom. The molecule has 1 aromatic carbocycles. The van der Waals surface area contributed by atoms with Crippen molar-refractivity contribution in [1.82, 2.24) is 20.2 Å². The van der Waals surface area contributed by atoms with Crippen molar-refractivity contribution in [2.45, 2.75) is 19.8 Å². The van der Waals surface area contributed by atoms with Crippen LogP contribution < -0.4 is 14.2 Å². The van der Waals surface area contributed by atoms with Crippen molar-refractivity contribution in [2.75, 3.05) is 14.2 Å². The molecule has 3 aromatic rings. The van der Waals surface area contributed by atoms with E-state index in [1.807, 2.05) is 0 Å². The van der Waals surface area contributed by atoms with Crippen LogP contribution in [-0.2, 0) is 0 Å². The van der Waals surface area contributed by atoms with Gasteiger partial charge in [-0.25, -0.2) is 0 Å². The van der Waals surface area contributed by atoms with Crippen molar-refractivity contribution in [2.24, 2.45) is 0 Å². The molecule has 0 spiro atoms. The number of aromatic nitrogens is 4. The number of rotatable bonds is 6. The molecule has 2 aromatic heterocycles. The van der Waals surface area contributed by atoms with E-state index in [1.165, 1.54) is 14.2 Å². The highest BCUT2D eigenvalue weighted by atomic mass is 35.5. The fourth-order valence-electron chi connectivity index (χ4n) is 2.38. The first kappa shape index (κ1) is 20.1. The van der Waals surface area contributed by atoms with Crippen molar-refractivity contribution in [3.8, 4) is 34.8 Å². The maximum atomic E-state index is 6.42. The Labute approximate surface area is 172 Å². The van der Waals surface area contributed by atoms with Crippen LogP contribution in [0.1, 0.15) is 25.3 Å². The van der Waals surface area contributed by atoms with E-state index in [1.54, 1.807) is 30.5 Å². The zero-order chi connectivity index (χ0) is 20.3. The molecule has 3 rings (SSSR count). The van der Waals surface area contributed by atoms with E-state index in [4.69, 9.17) is 37.4 Å². The molecule has 0 saturated heterocycles. The van der Waals surface area contributed by atoms with Gasteiger partial charge in [-0.3, -0.25) is 0 Å². The molecule has 0 saturated carbocycles. The Morgan fingerprint density at radius 3 is 2.21 bits per heavy atom. The summed E-state index contributed by atoms with van der Waals surface area (Å²) in [6.07, 6.45) is 1.69. The van der Waals surface area contributed by atoms with Gasteiger partial charge in [-0.2, -0.15) is 15.1 Å². The fraction of sp³-hybridized carbons (Fsp3) is 0.263. The third-order valence-corrected chi connectivity index (χ3v) is 4.46. The van der Waals surface area contributed by atoms with Crippen LogP contribution in [0.4, 0.5) is 0 Å². The fourth-order valence-corrected chi connectivity index (χ4v) is 2.95. The minimum absolute atomic E-state index is 0.169. The van der Waals surface area contributed by atoms with E-state index in [2.05, 4.69) is 34.0 Å². The number of benzene rings is 1. The second-order valence-corrected chi connectivity index (χ2v) is 6.95. The molecule has 0 aliphatic heterocycles. The van der Waals surface area contributed by atoms with Crippen LogP contribution in [0.5, 0.6) is 23.5 Å². The van der Waals surface area contributed by atoms with Crippen LogP contribution >= 0.6 is 23.2 Å². The highest BCUT2D eigenvalue weighted by Crippen LogP contribution is 2.40. The smallest absolute Gasteiger partial charge is 0.320 e. The first-order valence-corrected chi connectivity index (χ1v) is 9.13. The summed E-state index contributed by atoms with van der Waals surface area (Å²) in [7, 11) is 2.98. The topological polar surface area (TPSA) is 79.2 Å². The molecule has 0 aliphatic rings. The van der Waals surface area contributed by atoms with Crippen LogP contribution in [0, 0.1) is 0 Å². The van der Waals surface area contributed by atoms with Gasteiger partial charge in [0.2, 0.25) is 11.8 Å². The van der Waals surface area contributed by atoms with Gasteiger partial charge in [0.15, 0.2) is 5.75 Å². The molecule has 0 radical (unpaired) electrons. The Hall–Kier alpha value is -2.64. The van der Waals surface area contributed by atoms with E-state index < -0.39 is 0 Å². The highest BCUT2D eigenvalue weighted by Gasteiger charge is 2.16. The average molecular weight is 421 g/mol. The monoisotopic (exact) mass is 420 g/mol. The van der Waals surface area contributed by atoms with Crippen LogP contribution in [-0.4, -0.2) is 34.4 Å². The lowest BCUT2D eigenvalue weighted by Crippen LogP contribution is -1.98. The van der Waals surface area contributed by atoms with Crippen molar-refractivity contribution in [1.29, 1.82) is 0 Å². The number of hydrogen-bond acceptors (Lipinski definition) is 7. The Bertz CT molecular complexity index is 953. The summed E-state index contributed by atoms with van der Waals surface area (Å²) >= 11 is 12.8. The van der Waals surface area contributed by atoms with Gasteiger partial charge in [0, 0.05) is 17.7 Å². The van der Waals surface area contributed by atoms with Crippen LogP contribution in [0.2, 0.25) is 10.0 Å². The molecule has 0 aliphatic carbocycles. The van der Waals surface area contributed by atoms with Crippen molar-refractivity contribution >= 4 is 23.2 Å². The zero-order valence-electron chi connectivity index (χ0n) is 15.7. The second-order valence-electron chi connectivity index (χ2n) is 6.14. The van der Waals surface area contributed by atoms with Crippen molar-refractivity contribution < 1.29 is 14.2 Å². The molecule has 28 heavy (non-hydrogen) atoms. The standard InChI is InChI=1S/C19H18Cl2N4O3/c1-10(2)12-7-17(25-22-9-12)28-18-13(20)5-11(6-14(18)21)15-8-16(26-3)24-19(23-15)27-4/h5-10H,1-4H3. The van der Waals surface area contributed by atoms with Crippen molar-refractivity contribution in [3.63, 3.8) is 0 Å². The van der Waals surface area contributed by atoms with Gasteiger partial charge in [0.05, 0.1) is 36.2 Å². The molecule has 9 heteroatoms. The zero-order valence-corrected chi connectivity index (χ0v) is 17.2. The second kappa shape index (κ2) is 8.58. The van der Waals surface area contributed by atoms with Gasteiger partial charge in [0.1, 0.15) is 0 Å². The molecule has 0 unspecified atom stereocenters. The molecule has 0 fully saturated rings. The minimum Gasteiger partial charge on any atom is -0.481 e. The molecule has 0 N–H and O–H groups in total. The number of halogens is 2. The largest absolute Gasteiger partial charge is 0.481 e. The molecule has 146 valence electrons. The quantitative estimate of drug-likeness (QED) is 0.543. The number of methoxy groups -OCH3 is 2. The summed E-state index contributed by atoms with van der Waals surface area (Å²) in [5, 5.41) is 8.54. The first-order chi connectivity index (χ1) is 13.4. The summed E-state index contributed by atoms with van der Waals surface area (Å²) in [6.45, 7) is 4.11. The third kappa shape index (κ3) is 4.43. The molecular weight excluding hydrogens is 403 g/mol. The molecule has 0 bridgehead atoms. The summed E-state index contributed by atoms with van der Waals surface area (Å²) in [5.41, 5.74) is 2.19.